The lowest BCUT2D eigenvalue weighted by molar-refractivity contribution is -0.116. The third-order valence-electron chi connectivity index (χ3n) is 2.70. The molecule has 94 valence electrons. The van der Waals surface area contributed by atoms with E-state index in [-0.39, 0.29) is 5.91 Å². The summed E-state index contributed by atoms with van der Waals surface area (Å²) in [5, 5.41) is 7.11. The molecule has 4 nitrogen and oxygen atoms in total. The first-order valence-electron chi connectivity index (χ1n) is 5.72. The van der Waals surface area contributed by atoms with Crippen molar-refractivity contribution in [2.45, 2.75) is 6.42 Å². The molecular weight excluding hydrogens is 302 g/mol. The quantitative estimate of drug-likeness (QED) is 0.889. The van der Waals surface area contributed by atoms with Crippen molar-refractivity contribution in [2.24, 2.45) is 0 Å². The number of carbonyl (C=O) groups is 1. The fourth-order valence-corrected chi connectivity index (χ4v) is 3.08. The molecule has 1 aliphatic rings. The van der Waals surface area contributed by atoms with Crippen LogP contribution in [0.1, 0.15) is 6.42 Å². The number of anilines is 1. The summed E-state index contributed by atoms with van der Waals surface area (Å²) in [6.45, 7) is 4.98. The number of carbonyl (C=O) groups excluding carboxylic acids is 1. The highest BCUT2D eigenvalue weighted by atomic mass is 79.9. The molecule has 2 rings (SSSR count). The zero-order chi connectivity index (χ0) is 12.1. The minimum absolute atomic E-state index is 0.0953. The van der Waals surface area contributed by atoms with Gasteiger partial charge in [-0.25, -0.2) is 0 Å². The Morgan fingerprint density at radius 3 is 2.88 bits per heavy atom. The summed E-state index contributed by atoms with van der Waals surface area (Å²) in [5.41, 5.74) is 0. The number of nitrogens with one attached hydrogen (secondary N) is 2. The van der Waals surface area contributed by atoms with Gasteiger partial charge in [-0.3, -0.25) is 4.79 Å². The summed E-state index contributed by atoms with van der Waals surface area (Å²) in [4.78, 5) is 14.0. The van der Waals surface area contributed by atoms with E-state index in [0.29, 0.717) is 6.42 Å². The zero-order valence-electron chi connectivity index (χ0n) is 9.54. The molecule has 2 N–H and O–H groups in total. The van der Waals surface area contributed by atoms with Gasteiger partial charge in [-0.15, -0.1) is 11.3 Å². The zero-order valence-corrected chi connectivity index (χ0v) is 11.9. The lowest BCUT2D eigenvalue weighted by Crippen LogP contribution is -2.44. The monoisotopic (exact) mass is 317 g/mol. The van der Waals surface area contributed by atoms with Gasteiger partial charge in [-0.2, -0.15) is 0 Å². The molecule has 1 amide bonds. The molecule has 1 aromatic rings. The molecule has 0 aliphatic carbocycles. The highest BCUT2D eigenvalue weighted by Gasteiger charge is 2.11. The van der Waals surface area contributed by atoms with E-state index in [9.17, 15) is 4.79 Å². The minimum Gasteiger partial charge on any atom is -0.318 e. The van der Waals surface area contributed by atoms with E-state index < -0.39 is 0 Å². The molecule has 1 fully saturated rings. The van der Waals surface area contributed by atoms with Crippen LogP contribution in [0, 0.1) is 0 Å². The van der Waals surface area contributed by atoms with Crippen LogP contribution in [0.25, 0.3) is 0 Å². The number of hydrogen-bond donors (Lipinski definition) is 2. The fourth-order valence-electron chi connectivity index (χ4n) is 1.78. The van der Waals surface area contributed by atoms with Crippen LogP contribution in [0.15, 0.2) is 15.9 Å². The van der Waals surface area contributed by atoms with Crippen LogP contribution in [-0.2, 0) is 4.79 Å². The van der Waals surface area contributed by atoms with E-state index in [0.717, 1.165) is 41.5 Å². The molecule has 17 heavy (non-hydrogen) atoms. The fraction of sp³-hybridized carbons (Fsp3) is 0.545. The Balaban J connectivity index is 1.70. The Morgan fingerprint density at radius 2 is 2.24 bits per heavy atom. The maximum atomic E-state index is 11.7. The highest BCUT2D eigenvalue weighted by molar-refractivity contribution is 9.11. The summed E-state index contributed by atoms with van der Waals surface area (Å²) >= 11 is 4.91. The summed E-state index contributed by atoms with van der Waals surface area (Å²) in [6, 6.07) is 3.86. The summed E-state index contributed by atoms with van der Waals surface area (Å²) in [6.07, 6.45) is 0.565. The standard InChI is InChI=1S/C11H16BrN3OS/c12-9-1-2-11(17-9)14-10(16)3-6-15-7-4-13-5-8-15/h1-2,13H,3-8H2,(H,14,16). The normalized spacial score (nSPS) is 17.0. The van der Waals surface area contributed by atoms with Crippen molar-refractivity contribution in [1.82, 2.24) is 10.2 Å². The molecule has 0 bridgehead atoms. The first-order chi connectivity index (χ1) is 8.24. The molecule has 0 saturated carbocycles. The van der Waals surface area contributed by atoms with E-state index in [1.54, 1.807) is 0 Å². The molecule has 1 aliphatic heterocycles. The van der Waals surface area contributed by atoms with Gasteiger partial charge >= 0.3 is 0 Å². The number of halogens is 1. The summed E-state index contributed by atoms with van der Waals surface area (Å²) in [5.74, 6) is 0.0953. The molecule has 0 unspecified atom stereocenters. The van der Waals surface area contributed by atoms with Crippen molar-refractivity contribution in [2.75, 3.05) is 38.0 Å². The number of amides is 1. The van der Waals surface area contributed by atoms with Crippen molar-refractivity contribution in [3.8, 4) is 0 Å². The maximum absolute atomic E-state index is 11.7. The minimum atomic E-state index is 0.0953. The Bertz CT molecular complexity index is 377. The molecule has 2 heterocycles. The van der Waals surface area contributed by atoms with Crippen molar-refractivity contribution in [3.05, 3.63) is 15.9 Å². The van der Waals surface area contributed by atoms with Gasteiger partial charge in [0, 0.05) is 39.1 Å². The predicted molar refractivity (Wildman–Crippen MR) is 74.6 cm³/mol. The molecule has 0 aromatic carbocycles. The van der Waals surface area contributed by atoms with Crippen molar-refractivity contribution >= 4 is 38.2 Å². The van der Waals surface area contributed by atoms with Crippen LogP contribution >= 0.6 is 27.3 Å². The lowest BCUT2D eigenvalue weighted by Gasteiger charge is -2.26. The second-order valence-corrected chi connectivity index (χ2v) is 6.46. The van der Waals surface area contributed by atoms with Crippen LogP contribution in [0.5, 0.6) is 0 Å². The molecule has 0 spiro atoms. The van der Waals surface area contributed by atoms with Crippen LogP contribution in [0.2, 0.25) is 0 Å². The number of piperazine rings is 1. The number of thiophene rings is 1. The SMILES string of the molecule is O=C(CCN1CCNCC1)Nc1ccc(Br)s1. The average Bonchev–Trinajstić information content (AvgIpc) is 2.73. The van der Waals surface area contributed by atoms with E-state index in [1.807, 2.05) is 12.1 Å². The molecule has 0 atom stereocenters. The maximum Gasteiger partial charge on any atom is 0.226 e. The lowest BCUT2D eigenvalue weighted by atomic mass is 10.3. The van der Waals surface area contributed by atoms with Crippen LogP contribution in [-0.4, -0.2) is 43.5 Å². The van der Waals surface area contributed by atoms with Crippen molar-refractivity contribution in [1.29, 1.82) is 0 Å². The largest absolute Gasteiger partial charge is 0.318 e. The number of hydrogen-bond acceptors (Lipinski definition) is 4. The van der Waals surface area contributed by atoms with Gasteiger partial charge < -0.3 is 15.5 Å². The average molecular weight is 318 g/mol. The Kier molecular flexibility index (Phi) is 4.97. The highest BCUT2D eigenvalue weighted by Crippen LogP contribution is 2.26. The van der Waals surface area contributed by atoms with Crippen LogP contribution in [0.4, 0.5) is 5.00 Å². The van der Waals surface area contributed by atoms with Crippen LogP contribution in [0.3, 0.4) is 0 Å². The van der Waals surface area contributed by atoms with E-state index in [1.165, 1.54) is 11.3 Å². The Labute approximate surface area is 114 Å². The number of nitrogens with zero attached hydrogens (tertiary/aromatic N) is 1. The summed E-state index contributed by atoms with van der Waals surface area (Å²) in [7, 11) is 0. The second-order valence-electron chi connectivity index (χ2n) is 3.99. The molecule has 1 saturated heterocycles. The third-order valence-corrected chi connectivity index (χ3v) is 4.24. The van der Waals surface area contributed by atoms with Gasteiger partial charge in [-0.05, 0) is 28.1 Å². The van der Waals surface area contributed by atoms with Gasteiger partial charge in [0.05, 0.1) is 8.79 Å². The molecular formula is C11H16BrN3OS. The van der Waals surface area contributed by atoms with Crippen molar-refractivity contribution in [3.63, 3.8) is 0 Å². The van der Waals surface area contributed by atoms with Gasteiger partial charge in [0.25, 0.3) is 0 Å². The van der Waals surface area contributed by atoms with Crippen LogP contribution < -0.4 is 10.6 Å². The van der Waals surface area contributed by atoms with Crippen molar-refractivity contribution < 1.29 is 4.79 Å². The van der Waals surface area contributed by atoms with E-state index in [4.69, 9.17) is 0 Å². The van der Waals surface area contributed by atoms with Gasteiger partial charge in [0.1, 0.15) is 0 Å². The smallest absolute Gasteiger partial charge is 0.226 e. The van der Waals surface area contributed by atoms with Gasteiger partial charge in [0.15, 0.2) is 0 Å². The second kappa shape index (κ2) is 6.49. The van der Waals surface area contributed by atoms with Gasteiger partial charge in [0.2, 0.25) is 5.91 Å². The topological polar surface area (TPSA) is 44.4 Å². The Hall–Kier alpha value is -0.430. The first-order valence-corrected chi connectivity index (χ1v) is 7.33. The third kappa shape index (κ3) is 4.39. The predicted octanol–water partition coefficient (Wildman–Crippen LogP) is 1.74. The molecule has 6 heteroatoms. The summed E-state index contributed by atoms with van der Waals surface area (Å²) < 4.78 is 1.04. The molecule has 0 radical (unpaired) electrons. The number of rotatable bonds is 4. The Morgan fingerprint density at radius 1 is 1.47 bits per heavy atom. The van der Waals surface area contributed by atoms with E-state index in [2.05, 4.69) is 31.5 Å². The van der Waals surface area contributed by atoms with E-state index >= 15 is 0 Å². The first kappa shape index (κ1) is 13.0. The van der Waals surface area contributed by atoms with Gasteiger partial charge in [-0.1, -0.05) is 0 Å². The molecule has 1 aromatic heterocycles.